The molecule has 6 heteroatoms. The summed E-state index contributed by atoms with van der Waals surface area (Å²) in [4.78, 5) is 24.1. The van der Waals surface area contributed by atoms with Crippen molar-refractivity contribution in [1.82, 2.24) is 0 Å². The number of carbonyl (C=O) groups excluding carboxylic acids is 2. The fourth-order valence-electron chi connectivity index (χ4n) is 1.95. The van der Waals surface area contributed by atoms with E-state index in [1.54, 1.807) is 36.4 Å². The highest BCUT2D eigenvalue weighted by atomic mass is 127. The maximum atomic E-state index is 12.3. The first-order valence-corrected chi connectivity index (χ1v) is 9.00. The van der Waals surface area contributed by atoms with E-state index >= 15 is 0 Å². The number of nitrogens with one attached hydrogen (secondary N) is 1. The van der Waals surface area contributed by atoms with Crippen molar-refractivity contribution in [2.75, 3.05) is 11.9 Å². The Morgan fingerprint density at radius 2 is 1.88 bits per heavy atom. The van der Waals surface area contributed by atoms with Gasteiger partial charge >= 0.3 is 5.97 Å². The minimum Gasteiger partial charge on any atom is -0.462 e. The van der Waals surface area contributed by atoms with Gasteiger partial charge < -0.3 is 10.1 Å². The van der Waals surface area contributed by atoms with Crippen LogP contribution in [0.1, 0.15) is 40.5 Å². The van der Waals surface area contributed by atoms with Crippen LogP contribution in [0.2, 0.25) is 5.02 Å². The van der Waals surface area contributed by atoms with Crippen molar-refractivity contribution in [1.29, 1.82) is 0 Å². The number of ether oxygens (including phenoxy) is 1. The molecule has 0 aliphatic heterocycles. The normalized spacial score (nSPS) is 10.3. The minimum atomic E-state index is -0.359. The monoisotopic (exact) mass is 457 g/mol. The number of hydrogen-bond acceptors (Lipinski definition) is 3. The van der Waals surface area contributed by atoms with Gasteiger partial charge in [0.05, 0.1) is 22.8 Å². The summed E-state index contributed by atoms with van der Waals surface area (Å²) in [6.45, 7) is 2.45. The lowest BCUT2D eigenvalue weighted by Gasteiger charge is -2.08. The summed E-state index contributed by atoms with van der Waals surface area (Å²) in [7, 11) is 0. The van der Waals surface area contributed by atoms with Crippen LogP contribution in [-0.2, 0) is 4.74 Å². The molecule has 126 valence electrons. The highest BCUT2D eigenvalue weighted by Crippen LogP contribution is 2.20. The van der Waals surface area contributed by atoms with Crippen LogP contribution in [0.25, 0.3) is 0 Å². The number of halogens is 2. The van der Waals surface area contributed by atoms with Crippen molar-refractivity contribution in [3.8, 4) is 0 Å². The molecule has 2 rings (SSSR count). The zero-order chi connectivity index (χ0) is 17.5. The second-order valence-electron chi connectivity index (χ2n) is 5.15. The molecule has 0 unspecified atom stereocenters. The lowest BCUT2D eigenvalue weighted by Crippen LogP contribution is -2.13. The van der Waals surface area contributed by atoms with Crippen LogP contribution in [0.4, 0.5) is 5.69 Å². The zero-order valence-electron chi connectivity index (χ0n) is 13.1. The van der Waals surface area contributed by atoms with Gasteiger partial charge in [-0.25, -0.2) is 4.79 Å². The number of anilines is 1. The Kier molecular flexibility index (Phi) is 7.05. The van der Waals surface area contributed by atoms with Gasteiger partial charge in [0.25, 0.3) is 5.91 Å². The topological polar surface area (TPSA) is 55.4 Å². The highest BCUT2D eigenvalue weighted by molar-refractivity contribution is 14.1. The van der Waals surface area contributed by atoms with E-state index in [0.29, 0.717) is 28.4 Å². The summed E-state index contributed by atoms with van der Waals surface area (Å²) >= 11 is 8.18. The first kappa shape index (κ1) is 18.7. The lowest BCUT2D eigenvalue weighted by molar-refractivity contribution is 0.0499. The van der Waals surface area contributed by atoms with Crippen molar-refractivity contribution in [2.45, 2.75) is 19.8 Å². The molecule has 2 aromatic rings. The number of amides is 1. The van der Waals surface area contributed by atoms with Crippen molar-refractivity contribution >= 4 is 51.8 Å². The first-order valence-electron chi connectivity index (χ1n) is 7.55. The van der Waals surface area contributed by atoms with Crippen molar-refractivity contribution in [3.05, 3.63) is 62.2 Å². The number of benzene rings is 2. The van der Waals surface area contributed by atoms with Crippen molar-refractivity contribution < 1.29 is 14.3 Å². The fourth-order valence-corrected chi connectivity index (χ4v) is 2.65. The number of unbranched alkanes of at least 4 members (excludes halogenated alkanes) is 1. The maximum absolute atomic E-state index is 12.3. The van der Waals surface area contributed by atoms with Gasteiger partial charge in [0.1, 0.15) is 0 Å². The smallest absolute Gasteiger partial charge is 0.338 e. The summed E-state index contributed by atoms with van der Waals surface area (Å²) in [5.74, 6) is -0.654. The predicted molar refractivity (Wildman–Crippen MR) is 104 cm³/mol. The van der Waals surface area contributed by atoms with Crippen LogP contribution in [0.3, 0.4) is 0 Å². The maximum Gasteiger partial charge on any atom is 0.338 e. The molecular formula is C18H17ClINO3. The third kappa shape index (κ3) is 5.21. The number of carbonyl (C=O) groups is 2. The Balaban J connectivity index is 2.02. The van der Waals surface area contributed by atoms with E-state index in [1.807, 2.05) is 13.0 Å². The lowest BCUT2D eigenvalue weighted by atomic mass is 10.2. The Labute approximate surface area is 159 Å². The average molecular weight is 458 g/mol. The van der Waals surface area contributed by atoms with Crippen molar-refractivity contribution in [3.63, 3.8) is 0 Å². The molecule has 0 bridgehead atoms. The van der Waals surface area contributed by atoms with Gasteiger partial charge in [0, 0.05) is 9.26 Å². The van der Waals surface area contributed by atoms with Crippen LogP contribution in [0.15, 0.2) is 42.5 Å². The predicted octanol–water partition coefficient (Wildman–Crippen LogP) is 5.15. The van der Waals surface area contributed by atoms with E-state index in [4.69, 9.17) is 16.3 Å². The van der Waals surface area contributed by atoms with Crippen LogP contribution in [0.5, 0.6) is 0 Å². The summed E-state index contributed by atoms with van der Waals surface area (Å²) in [5, 5.41) is 3.16. The molecule has 2 aromatic carbocycles. The molecular weight excluding hydrogens is 441 g/mol. The summed E-state index contributed by atoms with van der Waals surface area (Å²) < 4.78 is 6.07. The van der Waals surface area contributed by atoms with E-state index in [9.17, 15) is 9.59 Å². The second kappa shape index (κ2) is 9.03. The Morgan fingerprint density at radius 3 is 2.54 bits per heavy atom. The van der Waals surface area contributed by atoms with E-state index in [0.717, 1.165) is 16.4 Å². The molecule has 0 atom stereocenters. The van der Waals surface area contributed by atoms with Gasteiger partial charge in [-0.05, 0) is 71.5 Å². The molecule has 1 N–H and O–H groups in total. The van der Waals surface area contributed by atoms with Gasteiger partial charge in [0.2, 0.25) is 0 Å². The van der Waals surface area contributed by atoms with Crippen LogP contribution < -0.4 is 5.32 Å². The van der Waals surface area contributed by atoms with Crippen LogP contribution >= 0.6 is 34.2 Å². The van der Waals surface area contributed by atoms with Gasteiger partial charge in [-0.3, -0.25) is 4.79 Å². The molecule has 1 amide bonds. The molecule has 4 nitrogen and oxygen atoms in total. The number of hydrogen-bond donors (Lipinski definition) is 1. The summed E-state index contributed by atoms with van der Waals surface area (Å²) in [6, 6.07) is 11.8. The number of rotatable bonds is 6. The SMILES string of the molecule is CCCCOC(=O)c1ccc(NC(=O)c2cc(I)ccc2Cl)cc1. The average Bonchev–Trinajstić information content (AvgIpc) is 2.57. The number of esters is 1. The minimum absolute atomic E-state index is 0.295. The van der Waals surface area contributed by atoms with Gasteiger partial charge in [-0.1, -0.05) is 24.9 Å². The molecule has 24 heavy (non-hydrogen) atoms. The van der Waals surface area contributed by atoms with Crippen LogP contribution in [0, 0.1) is 3.57 Å². The quantitative estimate of drug-likeness (QED) is 0.371. The Bertz CT molecular complexity index is 732. The molecule has 0 heterocycles. The Hall–Kier alpha value is -1.60. The van der Waals surface area contributed by atoms with Crippen molar-refractivity contribution in [2.24, 2.45) is 0 Å². The fraction of sp³-hybridized carbons (Fsp3) is 0.222. The van der Waals surface area contributed by atoms with Gasteiger partial charge in [-0.2, -0.15) is 0 Å². The van der Waals surface area contributed by atoms with Crippen LogP contribution in [-0.4, -0.2) is 18.5 Å². The van der Waals surface area contributed by atoms with E-state index in [1.165, 1.54) is 0 Å². The standard InChI is InChI=1S/C18H17ClINO3/c1-2-3-10-24-18(23)12-4-7-14(8-5-12)21-17(22)15-11-13(20)6-9-16(15)19/h4-9,11H,2-3,10H2,1H3,(H,21,22). The zero-order valence-corrected chi connectivity index (χ0v) is 16.1. The van der Waals surface area contributed by atoms with E-state index in [-0.39, 0.29) is 11.9 Å². The molecule has 0 aliphatic rings. The molecule has 0 aliphatic carbocycles. The third-order valence-corrected chi connectivity index (χ3v) is 4.28. The Morgan fingerprint density at radius 1 is 1.17 bits per heavy atom. The largest absolute Gasteiger partial charge is 0.462 e. The molecule has 0 saturated carbocycles. The summed E-state index contributed by atoms with van der Waals surface area (Å²) in [6.07, 6.45) is 1.82. The van der Waals surface area contributed by atoms with Gasteiger partial charge in [-0.15, -0.1) is 0 Å². The molecule has 0 aromatic heterocycles. The first-order chi connectivity index (χ1) is 11.5. The molecule has 0 saturated heterocycles. The molecule has 0 radical (unpaired) electrons. The van der Waals surface area contributed by atoms with E-state index < -0.39 is 0 Å². The second-order valence-corrected chi connectivity index (χ2v) is 6.80. The highest BCUT2D eigenvalue weighted by Gasteiger charge is 2.12. The van der Waals surface area contributed by atoms with E-state index in [2.05, 4.69) is 27.9 Å². The summed E-state index contributed by atoms with van der Waals surface area (Å²) in [5.41, 5.74) is 1.45. The molecule has 0 fully saturated rings. The third-order valence-electron chi connectivity index (χ3n) is 3.28. The molecule has 0 spiro atoms. The van der Waals surface area contributed by atoms with Gasteiger partial charge in [0.15, 0.2) is 0 Å².